The van der Waals surface area contributed by atoms with E-state index in [9.17, 15) is 8.99 Å². The summed E-state index contributed by atoms with van der Waals surface area (Å²) in [6.45, 7) is 3.84. The van der Waals surface area contributed by atoms with E-state index in [0.717, 1.165) is 5.75 Å². The number of nitrogens with zero attached hydrogens (tertiary/aromatic N) is 1. The van der Waals surface area contributed by atoms with Crippen LogP contribution in [0, 0.1) is 0 Å². The van der Waals surface area contributed by atoms with Crippen molar-refractivity contribution in [1.29, 1.82) is 0 Å². The van der Waals surface area contributed by atoms with Gasteiger partial charge in [0.25, 0.3) is 0 Å². The monoisotopic (exact) mass is 239 g/mol. The lowest BCUT2D eigenvalue weighted by Gasteiger charge is -2.25. The summed E-state index contributed by atoms with van der Waals surface area (Å²) in [7, 11) is -0.879. The van der Waals surface area contributed by atoms with Gasteiger partial charge in [0.05, 0.1) is 14.0 Å². The average Bonchev–Trinajstić information content (AvgIpc) is 2.50. The minimum Gasteiger partial charge on any atom is -0.296 e. The summed E-state index contributed by atoms with van der Waals surface area (Å²) >= 11 is 6.46. The van der Waals surface area contributed by atoms with Crippen molar-refractivity contribution in [2.45, 2.75) is 19.0 Å². The third-order valence-electron chi connectivity index (χ3n) is 1.78. The third kappa shape index (κ3) is 2.39. The smallest absolute Gasteiger partial charge is 0.240 e. The van der Waals surface area contributed by atoms with E-state index in [1.807, 2.05) is 0 Å². The largest absolute Gasteiger partial charge is 0.296 e. The van der Waals surface area contributed by atoms with Gasteiger partial charge in [-0.25, -0.2) is 4.20 Å². The van der Waals surface area contributed by atoms with Gasteiger partial charge in [-0.2, -0.15) is 0 Å². The normalized spacial score (nSPS) is 19.0. The summed E-state index contributed by atoms with van der Waals surface area (Å²) in [5, 5.41) is -0.908. The summed E-state index contributed by atoms with van der Waals surface area (Å²) in [5.74, 6) is 0.638. The van der Waals surface area contributed by atoms with E-state index < -0.39 is 14.0 Å². The van der Waals surface area contributed by atoms with E-state index in [-0.39, 0.29) is 5.91 Å². The number of thiocarbonyl (C=S) groups is 1. The van der Waals surface area contributed by atoms with E-state index in [1.165, 1.54) is 16.7 Å². The number of carbonyl (C=O) groups excluding carboxylic acids is 1. The fourth-order valence-corrected chi connectivity index (χ4v) is 2.37. The van der Waals surface area contributed by atoms with Gasteiger partial charge in [0, 0.05) is 12.3 Å². The topological polar surface area (TPSA) is 20.3 Å². The highest BCUT2D eigenvalue weighted by Crippen LogP contribution is 2.35. The highest BCUT2D eigenvalue weighted by Gasteiger charge is 2.36. The first kappa shape index (κ1) is 11.3. The van der Waals surface area contributed by atoms with Crippen LogP contribution in [0.25, 0.3) is 0 Å². The maximum Gasteiger partial charge on any atom is 0.240 e. The predicted molar refractivity (Wildman–Crippen MR) is 60.3 cm³/mol. The van der Waals surface area contributed by atoms with Gasteiger partial charge in [-0.15, -0.1) is 0 Å². The van der Waals surface area contributed by atoms with E-state index in [0.29, 0.717) is 10.9 Å². The number of amides is 1. The van der Waals surface area contributed by atoms with Gasteiger partial charge in [0.1, 0.15) is 4.32 Å². The number of halogens is 1. The first-order valence-electron chi connectivity index (χ1n) is 3.85. The molecule has 13 heavy (non-hydrogen) atoms. The Kier molecular flexibility index (Phi) is 3.66. The fourth-order valence-electron chi connectivity index (χ4n) is 0.956. The van der Waals surface area contributed by atoms with Crippen LogP contribution in [0.5, 0.6) is 0 Å². The molecule has 1 heterocycles. The first-order valence-corrected chi connectivity index (χ1v) is 6.13. The molecule has 0 radical (unpaired) electrons. The number of hydrogen-bond acceptors (Lipinski definition) is 3. The SMILES string of the molecule is CC(C)(PF)C(=O)N1CCSC1=S. The highest BCUT2D eigenvalue weighted by atomic mass is 32.2. The molecule has 1 aliphatic heterocycles. The minimum atomic E-state index is -0.908. The molecule has 1 aliphatic rings. The molecule has 1 saturated heterocycles. The van der Waals surface area contributed by atoms with Crippen LogP contribution in [0.1, 0.15) is 13.8 Å². The van der Waals surface area contributed by atoms with Gasteiger partial charge >= 0.3 is 0 Å². The van der Waals surface area contributed by atoms with Crippen LogP contribution in [0.3, 0.4) is 0 Å². The third-order valence-corrected chi connectivity index (χ3v) is 3.89. The Hall–Kier alpha value is 0.270. The lowest BCUT2D eigenvalue weighted by Crippen LogP contribution is -2.42. The molecular weight excluding hydrogens is 228 g/mol. The van der Waals surface area contributed by atoms with E-state index in [2.05, 4.69) is 0 Å². The summed E-state index contributed by atoms with van der Waals surface area (Å²) in [6.07, 6.45) is 0. The zero-order chi connectivity index (χ0) is 10.1. The van der Waals surface area contributed by atoms with E-state index in [1.54, 1.807) is 13.8 Å². The minimum absolute atomic E-state index is 0.191. The second kappa shape index (κ2) is 4.20. The van der Waals surface area contributed by atoms with Gasteiger partial charge in [0.2, 0.25) is 5.91 Å². The van der Waals surface area contributed by atoms with Crippen molar-refractivity contribution in [1.82, 2.24) is 4.90 Å². The Labute approximate surface area is 88.5 Å². The van der Waals surface area contributed by atoms with Crippen molar-refractivity contribution in [3.63, 3.8) is 0 Å². The second-order valence-electron chi connectivity index (χ2n) is 3.29. The van der Waals surface area contributed by atoms with Gasteiger partial charge < -0.3 is 0 Å². The summed E-state index contributed by atoms with van der Waals surface area (Å²) < 4.78 is 13.1. The molecule has 0 bridgehead atoms. The Morgan fingerprint density at radius 2 is 2.38 bits per heavy atom. The van der Waals surface area contributed by atoms with Crippen molar-refractivity contribution in [2.75, 3.05) is 12.3 Å². The molecule has 1 rings (SSSR count). The Morgan fingerprint density at radius 1 is 1.77 bits per heavy atom. The molecule has 1 amide bonds. The standard InChI is InChI=1S/C7H11FNOPS2/c1-7(2,11-8)5(10)9-3-4-13-6(9)12/h11H,3-4H2,1-2H3. The van der Waals surface area contributed by atoms with Gasteiger partial charge in [0.15, 0.2) is 0 Å². The van der Waals surface area contributed by atoms with Crippen LogP contribution >= 0.6 is 32.9 Å². The van der Waals surface area contributed by atoms with Crippen molar-refractivity contribution in [2.24, 2.45) is 0 Å². The summed E-state index contributed by atoms with van der Waals surface area (Å²) in [4.78, 5) is 13.2. The lowest BCUT2D eigenvalue weighted by atomic mass is 10.2. The molecule has 0 saturated carbocycles. The molecule has 0 aromatic rings. The molecule has 74 valence electrons. The maximum absolute atomic E-state index is 12.5. The zero-order valence-electron chi connectivity index (χ0n) is 7.46. The Bertz CT molecular complexity index is 247. The molecule has 1 atom stereocenters. The molecule has 1 unspecified atom stereocenters. The molecule has 0 N–H and O–H groups in total. The van der Waals surface area contributed by atoms with Crippen LogP contribution in [0.2, 0.25) is 0 Å². The van der Waals surface area contributed by atoms with Crippen LogP contribution in [-0.4, -0.2) is 32.6 Å². The quantitative estimate of drug-likeness (QED) is 0.544. The molecule has 0 aromatic heterocycles. The van der Waals surface area contributed by atoms with Crippen LogP contribution < -0.4 is 0 Å². The Morgan fingerprint density at radius 3 is 2.77 bits per heavy atom. The van der Waals surface area contributed by atoms with Crippen molar-refractivity contribution in [3.05, 3.63) is 0 Å². The van der Waals surface area contributed by atoms with E-state index in [4.69, 9.17) is 12.2 Å². The van der Waals surface area contributed by atoms with Crippen molar-refractivity contribution in [3.8, 4) is 0 Å². The van der Waals surface area contributed by atoms with Crippen LogP contribution in [0.4, 0.5) is 4.20 Å². The molecule has 0 aliphatic carbocycles. The van der Waals surface area contributed by atoms with Gasteiger partial charge in [-0.1, -0.05) is 24.0 Å². The second-order valence-corrected chi connectivity index (χ2v) is 6.46. The van der Waals surface area contributed by atoms with Gasteiger partial charge in [-0.3, -0.25) is 9.69 Å². The van der Waals surface area contributed by atoms with Crippen LogP contribution in [0.15, 0.2) is 0 Å². The number of hydrogen-bond donors (Lipinski definition) is 0. The Balaban J connectivity index is 2.72. The predicted octanol–water partition coefficient (Wildman–Crippen LogP) is 2.19. The maximum atomic E-state index is 12.5. The highest BCUT2D eigenvalue weighted by molar-refractivity contribution is 8.23. The molecule has 1 fully saturated rings. The number of rotatable bonds is 2. The van der Waals surface area contributed by atoms with Crippen molar-refractivity contribution < 1.29 is 8.99 Å². The first-order chi connectivity index (χ1) is 5.99. The summed E-state index contributed by atoms with van der Waals surface area (Å²) in [6, 6.07) is 0. The fraction of sp³-hybridized carbons (Fsp3) is 0.714. The van der Waals surface area contributed by atoms with Crippen molar-refractivity contribution >= 4 is 43.1 Å². The molecule has 6 heteroatoms. The molecule has 2 nitrogen and oxygen atoms in total. The summed E-state index contributed by atoms with van der Waals surface area (Å²) in [5.41, 5.74) is 0. The van der Waals surface area contributed by atoms with E-state index >= 15 is 0 Å². The van der Waals surface area contributed by atoms with Crippen LogP contribution in [-0.2, 0) is 4.79 Å². The average molecular weight is 239 g/mol. The molecule has 0 spiro atoms. The molecular formula is C7H11FNOPS2. The zero-order valence-corrected chi connectivity index (χ0v) is 10.1. The number of thioether (sulfide) groups is 1. The molecule has 0 aromatic carbocycles. The lowest BCUT2D eigenvalue weighted by molar-refractivity contribution is -0.128. The number of carbonyl (C=O) groups is 1. The van der Waals surface area contributed by atoms with Gasteiger partial charge in [-0.05, 0) is 13.8 Å².